The molecule has 25 heavy (non-hydrogen) atoms. The third kappa shape index (κ3) is 3.57. The van der Waals surface area contributed by atoms with Crippen LogP contribution in [0.4, 0.5) is 5.82 Å². The van der Waals surface area contributed by atoms with Gasteiger partial charge in [-0.3, -0.25) is 4.98 Å². The van der Waals surface area contributed by atoms with Crippen LogP contribution in [0, 0.1) is 13.8 Å². The lowest BCUT2D eigenvalue weighted by Crippen LogP contribution is -2.39. The highest BCUT2D eigenvalue weighted by atomic mass is 16.5. The van der Waals surface area contributed by atoms with Gasteiger partial charge in [0, 0.05) is 49.8 Å². The lowest BCUT2D eigenvalue weighted by molar-refractivity contribution is 0.161. The molecule has 3 heterocycles. The van der Waals surface area contributed by atoms with Crippen LogP contribution < -0.4 is 9.64 Å². The van der Waals surface area contributed by atoms with Crippen molar-refractivity contribution in [3.63, 3.8) is 0 Å². The van der Waals surface area contributed by atoms with Gasteiger partial charge in [-0.25, -0.2) is 15.0 Å². The molecule has 4 rings (SSSR count). The van der Waals surface area contributed by atoms with Crippen molar-refractivity contribution in [2.75, 3.05) is 18.0 Å². The van der Waals surface area contributed by atoms with Crippen LogP contribution in [0.5, 0.6) is 5.88 Å². The first kappa shape index (κ1) is 16.2. The summed E-state index contributed by atoms with van der Waals surface area (Å²) < 4.78 is 6.11. The number of nitrogens with zero attached hydrogens (tertiary/aromatic N) is 5. The maximum Gasteiger partial charge on any atom is 0.235 e. The van der Waals surface area contributed by atoms with E-state index in [2.05, 4.69) is 30.9 Å². The highest BCUT2D eigenvalue weighted by molar-refractivity contribution is 5.40. The summed E-state index contributed by atoms with van der Waals surface area (Å²) >= 11 is 0. The highest BCUT2D eigenvalue weighted by Gasteiger charge is 2.25. The van der Waals surface area contributed by atoms with Gasteiger partial charge in [0.15, 0.2) is 0 Å². The number of aryl methyl sites for hydroxylation is 2. The predicted molar refractivity (Wildman–Crippen MR) is 96.0 cm³/mol. The summed E-state index contributed by atoms with van der Waals surface area (Å²) in [6.07, 6.45) is 9.49. The Bertz CT molecular complexity index is 738. The Kier molecular flexibility index (Phi) is 4.51. The lowest BCUT2D eigenvalue weighted by Gasteiger charge is -2.33. The van der Waals surface area contributed by atoms with Crippen molar-refractivity contribution in [2.45, 2.75) is 58.0 Å². The maximum absolute atomic E-state index is 6.11. The van der Waals surface area contributed by atoms with E-state index in [0.717, 1.165) is 43.1 Å². The maximum atomic E-state index is 6.11. The SMILES string of the molecule is Cc1cnc(C)c(OC2CCN(c3cc(C4CCC4)ncn3)CC2)n1. The molecule has 1 saturated carbocycles. The van der Waals surface area contributed by atoms with Gasteiger partial charge in [0.25, 0.3) is 0 Å². The Hall–Kier alpha value is -2.24. The second-order valence-corrected chi connectivity index (χ2v) is 7.14. The van der Waals surface area contributed by atoms with Crippen LogP contribution in [-0.2, 0) is 0 Å². The van der Waals surface area contributed by atoms with Crippen molar-refractivity contribution in [1.29, 1.82) is 0 Å². The van der Waals surface area contributed by atoms with Crippen molar-refractivity contribution in [3.05, 3.63) is 35.7 Å². The number of rotatable bonds is 4. The molecule has 2 aromatic heterocycles. The molecule has 0 amide bonds. The van der Waals surface area contributed by atoms with Crippen LogP contribution in [0.1, 0.15) is 55.1 Å². The van der Waals surface area contributed by atoms with Crippen molar-refractivity contribution in [1.82, 2.24) is 19.9 Å². The highest BCUT2D eigenvalue weighted by Crippen LogP contribution is 2.36. The van der Waals surface area contributed by atoms with Crippen molar-refractivity contribution < 1.29 is 4.74 Å². The van der Waals surface area contributed by atoms with Crippen LogP contribution >= 0.6 is 0 Å². The molecule has 0 aromatic carbocycles. The second kappa shape index (κ2) is 6.94. The zero-order chi connectivity index (χ0) is 17.2. The molecule has 6 nitrogen and oxygen atoms in total. The van der Waals surface area contributed by atoms with Crippen molar-refractivity contribution >= 4 is 5.82 Å². The predicted octanol–water partition coefficient (Wildman–Crippen LogP) is 3.20. The summed E-state index contributed by atoms with van der Waals surface area (Å²) in [6, 6.07) is 2.18. The van der Waals surface area contributed by atoms with E-state index in [4.69, 9.17) is 4.74 Å². The van der Waals surface area contributed by atoms with Gasteiger partial charge in [-0.2, -0.15) is 0 Å². The molecule has 1 aliphatic heterocycles. The Morgan fingerprint density at radius 1 is 1.04 bits per heavy atom. The molecule has 2 aliphatic rings. The summed E-state index contributed by atoms with van der Waals surface area (Å²) in [7, 11) is 0. The first-order valence-corrected chi connectivity index (χ1v) is 9.23. The quantitative estimate of drug-likeness (QED) is 0.852. The van der Waals surface area contributed by atoms with E-state index in [9.17, 15) is 0 Å². The molecule has 1 aliphatic carbocycles. The molecule has 132 valence electrons. The van der Waals surface area contributed by atoms with E-state index >= 15 is 0 Å². The van der Waals surface area contributed by atoms with Crippen LogP contribution in [-0.4, -0.2) is 39.1 Å². The summed E-state index contributed by atoms with van der Waals surface area (Å²) in [5.41, 5.74) is 2.96. The van der Waals surface area contributed by atoms with Crippen molar-refractivity contribution in [2.24, 2.45) is 0 Å². The Balaban J connectivity index is 1.37. The normalized spacial score (nSPS) is 18.9. The number of ether oxygens (including phenoxy) is 1. The molecule has 0 atom stereocenters. The summed E-state index contributed by atoms with van der Waals surface area (Å²) in [5, 5.41) is 0. The molecule has 0 radical (unpaired) electrons. The molecule has 1 saturated heterocycles. The van der Waals surface area contributed by atoms with E-state index in [1.54, 1.807) is 12.5 Å². The zero-order valence-electron chi connectivity index (χ0n) is 15.0. The fraction of sp³-hybridized carbons (Fsp3) is 0.579. The van der Waals surface area contributed by atoms with Gasteiger partial charge in [-0.1, -0.05) is 6.42 Å². The molecule has 6 heteroatoms. The minimum Gasteiger partial charge on any atom is -0.473 e. The van der Waals surface area contributed by atoms with Crippen molar-refractivity contribution in [3.8, 4) is 5.88 Å². The van der Waals surface area contributed by atoms with E-state index in [-0.39, 0.29) is 6.10 Å². The van der Waals surface area contributed by atoms with E-state index in [1.165, 1.54) is 25.0 Å². The summed E-state index contributed by atoms with van der Waals surface area (Å²) in [6.45, 7) is 5.78. The summed E-state index contributed by atoms with van der Waals surface area (Å²) in [5.74, 6) is 2.38. The lowest BCUT2D eigenvalue weighted by atomic mass is 9.83. The van der Waals surface area contributed by atoms with Crippen LogP contribution in [0.3, 0.4) is 0 Å². The molecule has 0 N–H and O–H groups in total. The van der Waals surface area contributed by atoms with Gasteiger partial charge in [-0.15, -0.1) is 0 Å². The Morgan fingerprint density at radius 2 is 1.84 bits per heavy atom. The van der Waals surface area contributed by atoms with Crippen LogP contribution in [0.25, 0.3) is 0 Å². The van der Waals surface area contributed by atoms with Crippen LogP contribution in [0.2, 0.25) is 0 Å². The average molecular weight is 339 g/mol. The first-order chi connectivity index (χ1) is 12.2. The number of aromatic nitrogens is 4. The van der Waals surface area contributed by atoms with Crippen LogP contribution in [0.15, 0.2) is 18.6 Å². The summed E-state index contributed by atoms with van der Waals surface area (Å²) in [4.78, 5) is 20.1. The van der Waals surface area contributed by atoms with Gasteiger partial charge in [0.1, 0.15) is 18.2 Å². The third-order valence-corrected chi connectivity index (χ3v) is 5.27. The Morgan fingerprint density at radius 3 is 2.56 bits per heavy atom. The fourth-order valence-corrected chi connectivity index (χ4v) is 3.45. The standard InChI is InChI=1S/C19H25N5O/c1-13-11-20-14(2)19(23-13)25-16-6-8-24(9-7-16)18-10-17(21-12-22-18)15-4-3-5-15/h10-12,15-16H,3-9H2,1-2H3. The topological polar surface area (TPSA) is 64.0 Å². The molecule has 0 unspecified atom stereocenters. The van der Waals surface area contributed by atoms with Gasteiger partial charge in [-0.05, 0) is 26.7 Å². The first-order valence-electron chi connectivity index (χ1n) is 9.23. The monoisotopic (exact) mass is 339 g/mol. The number of hydrogen-bond donors (Lipinski definition) is 0. The molecular weight excluding hydrogens is 314 g/mol. The molecule has 0 spiro atoms. The molecule has 2 aromatic rings. The third-order valence-electron chi connectivity index (χ3n) is 5.27. The van der Waals surface area contributed by atoms with Gasteiger partial charge in [0.05, 0.1) is 11.4 Å². The fourth-order valence-electron chi connectivity index (χ4n) is 3.45. The minimum atomic E-state index is 0.194. The number of piperidine rings is 1. The molecular formula is C19H25N5O. The average Bonchev–Trinajstić information content (AvgIpc) is 2.58. The number of anilines is 1. The zero-order valence-corrected chi connectivity index (χ0v) is 15.0. The van der Waals surface area contributed by atoms with E-state index < -0.39 is 0 Å². The van der Waals surface area contributed by atoms with Gasteiger partial charge in [0.2, 0.25) is 5.88 Å². The minimum absolute atomic E-state index is 0.194. The Labute approximate surface area is 148 Å². The second-order valence-electron chi connectivity index (χ2n) is 7.14. The molecule has 2 fully saturated rings. The molecule has 0 bridgehead atoms. The smallest absolute Gasteiger partial charge is 0.235 e. The van der Waals surface area contributed by atoms with E-state index in [1.807, 2.05) is 13.8 Å². The van der Waals surface area contributed by atoms with Gasteiger partial charge < -0.3 is 9.64 Å². The largest absolute Gasteiger partial charge is 0.473 e. The van der Waals surface area contributed by atoms with Gasteiger partial charge >= 0.3 is 0 Å². The van der Waals surface area contributed by atoms with E-state index in [0.29, 0.717) is 11.8 Å². The number of hydrogen-bond acceptors (Lipinski definition) is 6.